The second-order valence-electron chi connectivity index (χ2n) is 4.49. The van der Waals surface area contributed by atoms with Gasteiger partial charge in [0.15, 0.2) is 0 Å². The van der Waals surface area contributed by atoms with E-state index >= 15 is 0 Å². The predicted octanol–water partition coefficient (Wildman–Crippen LogP) is 2.13. The average molecular weight is 344 g/mol. The Hall–Kier alpha value is -0.620. The zero-order chi connectivity index (χ0) is 12.3. The van der Waals surface area contributed by atoms with Crippen LogP contribution in [0.2, 0.25) is 0 Å². The highest BCUT2D eigenvalue weighted by atomic mass is 127. The van der Waals surface area contributed by atoms with E-state index in [1.54, 1.807) is 0 Å². The summed E-state index contributed by atoms with van der Waals surface area (Å²) in [5.41, 5.74) is 7.04. The lowest BCUT2D eigenvalue weighted by molar-refractivity contribution is -0.132. The standard InChI is InChI=1S/C13H17IN2O/c14-11-5-3-4-10(8-11)9-16-7-2-1-6-12(15)13(16)17/h3-5,8,12H,1-2,6-7,9,15H2/t12-/m0/s1. The summed E-state index contributed by atoms with van der Waals surface area (Å²) in [6.45, 7) is 1.52. The lowest BCUT2D eigenvalue weighted by atomic mass is 10.1. The summed E-state index contributed by atoms with van der Waals surface area (Å²) < 4.78 is 1.20. The van der Waals surface area contributed by atoms with Crippen LogP contribution in [-0.4, -0.2) is 23.4 Å². The summed E-state index contributed by atoms with van der Waals surface area (Å²) in [7, 11) is 0. The van der Waals surface area contributed by atoms with Crippen molar-refractivity contribution in [3.05, 3.63) is 33.4 Å². The largest absolute Gasteiger partial charge is 0.337 e. The van der Waals surface area contributed by atoms with Gasteiger partial charge in [0.2, 0.25) is 5.91 Å². The van der Waals surface area contributed by atoms with Crippen molar-refractivity contribution >= 4 is 28.5 Å². The van der Waals surface area contributed by atoms with Crippen molar-refractivity contribution in [2.45, 2.75) is 31.8 Å². The zero-order valence-corrected chi connectivity index (χ0v) is 11.9. The van der Waals surface area contributed by atoms with Crippen LogP contribution < -0.4 is 5.73 Å². The molecule has 2 N–H and O–H groups in total. The van der Waals surface area contributed by atoms with Crippen molar-refractivity contribution in [1.29, 1.82) is 0 Å². The Kier molecular flexibility index (Phi) is 4.39. The number of hydrogen-bond donors (Lipinski definition) is 1. The molecule has 0 bridgehead atoms. The monoisotopic (exact) mass is 344 g/mol. The maximum Gasteiger partial charge on any atom is 0.239 e. The van der Waals surface area contributed by atoms with Crippen LogP contribution in [-0.2, 0) is 11.3 Å². The number of carbonyl (C=O) groups excluding carboxylic acids is 1. The number of likely N-dealkylation sites (tertiary alicyclic amines) is 1. The molecule has 1 aliphatic rings. The summed E-state index contributed by atoms with van der Waals surface area (Å²) in [6.07, 6.45) is 2.93. The molecule has 1 atom stereocenters. The third-order valence-corrected chi connectivity index (χ3v) is 3.76. The lowest BCUT2D eigenvalue weighted by Crippen LogP contribution is -2.41. The Morgan fingerprint density at radius 1 is 1.41 bits per heavy atom. The van der Waals surface area contributed by atoms with E-state index in [2.05, 4.69) is 40.8 Å². The molecular weight excluding hydrogens is 327 g/mol. The van der Waals surface area contributed by atoms with E-state index in [1.807, 2.05) is 11.0 Å². The molecule has 1 fully saturated rings. The maximum atomic E-state index is 12.0. The summed E-state index contributed by atoms with van der Waals surface area (Å²) in [6, 6.07) is 7.95. The van der Waals surface area contributed by atoms with E-state index in [4.69, 9.17) is 5.73 Å². The van der Waals surface area contributed by atoms with Crippen molar-refractivity contribution in [2.75, 3.05) is 6.54 Å². The third kappa shape index (κ3) is 3.42. The number of halogens is 1. The Bertz CT molecular complexity index is 408. The first kappa shape index (κ1) is 12.8. The second kappa shape index (κ2) is 5.82. The Morgan fingerprint density at radius 3 is 3.00 bits per heavy atom. The van der Waals surface area contributed by atoms with Crippen LogP contribution in [0.4, 0.5) is 0 Å². The second-order valence-corrected chi connectivity index (χ2v) is 5.74. The highest BCUT2D eigenvalue weighted by Gasteiger charge is 2.23. The zero-order valence-electron chi connectivity index (χ0n) is 9.73. The first-order valence-electron chi connectivity index (χ1n) is 5.95. The predicted molar refractivity (Wildman–Crippen MR) is 76.4 cm³/mol. The van der Waals surface area contributed by atoms with Gasteiger partial charge in [0, 0.05) is 16.7 Å². The van der Waals surface area contributed by atoms with E-state index in [0.717, 1.165) is 25.8 Å². The minimum absolute atomic E-state index is 0.0985. The fourth-order valence-corrected chi connectivity index (χ4v) is 2.76. The van der Waals surface area contributed by atoms with Crippen molar-refractivity contribution < 1.29 is 4.79 Å². The van der Waals surface area contributed by atoms with E-state index in [0.29, 0.717) is 6.54 Å². The molecule has 2 rings (SSSR count). The summed E-state index contributed by atoms with van der Waals surface area (Å²) in [5.74, 6) is 0.0985. The van der Waals surface area contributed by atoms with Gasteiger partial charge in [0.25, 0.3) is 0 Å². The molecule has 4 heteroatoms. The van der Waals surface area contributed by atoms with Crippen molar-refractivity contribution in [3.8, 4) is 0 Å². The van der Waals surface area contributed by atoms with Crippen LogP contribution >= 0.6 is 22.6 Å². The fourth-order valence-electron chi connectivity index (χ4n) is 2.15. The number of carbonyl (C=O) groups is 1. The van der Waals surface area contributed by atoms with Gasteiger partial charge in [-0.15, -0.1) is 0 Å². The molecular formula is C13H17IN2O. The third-order valence-electron chi connectivity index (χ3n) is 3.08. The molecule has 1 heterocycles. The lowest BCUT2D eigenvalue weighted by Gasteiger charge is -2.22. The topological polar surface area (TPSA) is 46.3 Å². The van der Waals surface area contributed by atoms with Crippen LogP contribution in [0, 0.1) is 3.57 Å². The van der Waals surface area contributed by atoms with Gasteiger partial charge in [-0.2, -0.15) is 0 Å². The SMILES string of the molecule is N[C@H]1CCCCN(Cc2cccc(I)c2)C1=O. The van der Waals surface area contributed by atoms with E-state index in [1.165, 1.54) is 9.13 Å². The average Bonchev–Trinajstić information content (AvgIpc) is 2.45. The Labute approximate surface area is 116 Å². The first-order chi connectivity index (χ1) is 8.16. The van der Waals surface area contributed by atoms with Crippen LogP contribution in [0.3, 0.4) is 0 Å². The smallest absolute Gasteiger partial charge is 0.239 e. The van der Waals surface area contributed by atoms with Crippen molar-refractivity contribution in [3.63, 3.8) is 0 Å². The van der Waals surface area contributed by atoms with E-state index in [9.17, 15) is 4.79 Å². The van der Waals surface area contributed by atoms with Gasteiger partial charge < -0.3 is 10.6 Å². The van der Waals surface area contributed by atoms with Crippen LogP contribution in [0.15, 0.2) is 24.3 Å². The molecule has 17 heavy (non-hydrogen) atoms. The molecule has 1 aliphatic heterocycles. The molecule has 0 aromatic heterocycles. The molecule has 3 nitrogen and oxygen atoms in total. The highest BCUT2D eigenvalue weighted by molar-refractivity contribution is 14.1. The van der Waals surface area contributed by atoms with Crippen LogP contribution in [0.25, 0.3) is 0 Å². The molecule has 1 amide bonds. The molecule has 92 valence electrons. The molecule has 0 spiro atoms. The fraction of sp³-hybridized carbons (Fsp3) is 0.462. The van der Waals surface area contributed by atoms with Gasteiger partial charge in [-0.1, -0.05) is 12.1 Å². The Morgan fingerprint density at radius 2 is 2.24 bits per heavy atom. The molecule has 0 unspecified atom stereocenters. The van der Waals surface area contributed by atoms with Gasteiger partial charge in [0.05, 0.1) is 6.04 Å². The number of rotatable bonds is 2. The van der Waals surface area contributed by atoms with Crippen molar-refractivity contribution in [2.24, 2.45) is 5.73 Å². The Balaban J connectivity index is 2.08. The van der Waals surface area contributed by atoms with Gasteiger partial charge in [0.1, 0.15) is 0 Å². The van der Waals surface area contributed by atoms with Gasteiger partial charge >= 0.3 is 0 Å². The number of hydrogen-bond acceptors (Lipinski definition) is 2. The minimum atomic E-state index is -0.305. The molecule has 0 saturated carbocycles. The molecule has 1 aromatic rings. The van der Waals surface area contributed by atoms with Gasteiger partial charge in [-0.05, 0) is 59.5 Å². The van der Waals surface area contributed by atoms with Crippen LogP contribution in [0.5, 0.6) is 0 Å². The van der Waals surface area contributed by atoms with E-state index in [-0.39, 0.29) is 11.9 Å². The summed E-state index contributed by atoms with van der Waals surface area (Å²) in [5, 5.41) is 0. The number of benzene rings is 1. The molecule has 1 aromatic carbocycles. The first-order valence-corrected chi connectivity index (χ1v) is 7.03. The maximum absolute atomic E-state index is 12.0. The minimum Gasteiger partial charge on any atom is -0.337 e. The van der Waals surface area contributed by atoms with Gasteiger partial charge in [-0.25, -0.2) is 0 Å². The van der Waals surface area contributed by atoms with Crippen LogP contribution in [0.1, 0.15) is 24.8 Å². The highest BCUT2D eigenvalue weighted by Crippen LogP contribution is 2.15. The van der Waals surface area contributed by atoms with Crippen molar-refractivity contribution in [1.82, 2.24) is 4.90 Å². The molecule has 0 aliphatic carbocycles. The summed E-state index contributed by atoms with van der Waals surface area (Å²) >= 11 is 2.29. The number of nitrogens with zero attached hydrogens (tertiary/aromatic N) is 1. The quantitative estimate of drug-likeness (QED) is 0.836. The summed E-state index contributed by atoms with van der Waals surface area (Å²) in [4.78, 5) is 13.9. The van der Waals surface area contributed by atoms with E-state index < -0.39 is 0 Å². The van der Waals surface area contributed by atoms with Gasteiger partial charge in [-0.3, -0.25) is 4.79 Å². The number of nitrogens with two attached hydrogens (primary N) is 1. The normalized spacial score (nSPS) is 21.4. The molecule has 0 radical (unpaired) electrons. The number of amides is 1. The molecule has 1 saturated heterocycles.